The van der Waals surface area contributed by atoms with E-state index in [4.69, 9.17) is 16.3 Å². The summed E-state index contributed by atoms with van der Waals surface area (Å²) in [6.07, 6.45) is 0. The highest BCUT2D eigenvalue weighted by Gasteiger charge is 2.58. The van der Waals surface area contributed by atoms with Crippen LogP contribution in [0.25, 0.3) is 0 Å². The van der Waals surface area contributed by atoms with E-state index in [-0.39, 0.29) is 5.78 Å². The molecule has 7 nitrogen and oxygen atoms in total. The lowest BCUT2D eigenvalue weighted by atomic mass is 9.77. The molecule has 4 unspecified atom stereocenters. The van der Waals surface area contributed by atoms with Gasteiger partial charge in [-0.15, -0.1) is 11.3 Å². The smallest absolute Gasteiger partial charge is 0.327 e. The highest BCUT2D eigenvalue weighted by atomic mass is 35.5. The first-order valence-electron chi connectivity index (χ1n) is 13.0. The number of benzene rings is 3. The minimum atomic E-state index is -1.34. The summed E-state index contributed by atoms with van der Waals surface area (Å²) < 4.78 is 5.90. The van der Waals surface area contributed by atoms with Crippen LogP contribution in [0.1, 0.15) is 43.1 Å². The minimum absolute atomic E-state index is 0.272. The van der Waals surface area contributed by atoms with Gasteiger partial charge in [0.1, 0.15) is 11.8 Å². The molecule has 1 aliphatic rings. The fourth-order valence-corrected chi connectivity index (χ4v) is 6.69. The summed E-state index contributed by atoms with van der Waals surface area (Å²) in [5.74, 6) is -3.20. The standard InChI is InChI=1S/C32H29ClN2O5S/c1-34(2)22-14-12-19(13-15-22)28-27(30(36)24-16-17-25(33)41-24)26(21-10-7-11-23(18-21)40-3)29(32(38)39)35(28)31(37)20-8-5-4-6-9-20/h4-18,26-29H,1-3H3,(H,38,39). The lowest BCUT2D eigenvalue weighted by Crippen LogP contribution is -2.43. The van der Waals surface area contributed by atoms with Crippen molar-refractivity contribution in [2.75, 3.05) is 26.1 Å². The van der Waals surface area contributed by atoms with Gasteiger partial charge >= 0.3 is 5.97 Å². The summed E-state index contributed by atoms with van der Waals surface area (Å²) in [5, 5.41) is 10.7. The number of thiophene rings is 1. The topological polar surface area (TPSA) is 87.2 Å². The van der Waals surface area contributed by atoms with Gasteiger partial charge in [-0.2, -0.15) is 0 Å². The van der Waals surface area contributed by atoms with Crippen LogP contribution in [0.5, 0.6) is 5.75 Å². The van der Waals surface area contributed by atoms with E-state index in [2.05, 4.69) is 0 Å². The Morgan fingerprint density at radius 1 is 0.902 bits per heavy atom. The van der Waals surface area contributed by atoms with E-state index >= 15 is 0 Å². The van der Waals surface area contributed by atoms with E-state index in [9.17, 15) is 19.5 Å². The molecule has 0 saturated carbocycles. The molecule has 0 bridgehead atoms. The van der Waals surface area contributed by atoms with Gasteiger partial charge < -0.3 is 19.6 Å². The van der Waals surface area contributed by atoms with Gasteiger partial charge in [0.25, 0.3) is 5.91 Å². The van der Waals surface area contributed by atoms with E-state index < -0.39 is 35.8 Å². The van der Waals surface area contributed by atoms with Crippen molar-refractivity contribution in [3.8, 4) is 5.75 Å². The number of rotatable bonds is 8. The SMILES string of the molecule is COc1cccc(C2C(C(=O)c3ccc(Cl)s3)C(c3ccc(N(C)C)cc3)N(C(=O)c3ccccc3)C2C(=O)O)c1. The first-order valence-corrected chi connectivity index (χ1v) is 14.2. The Hall–Kier alpha value is -4.14. The van der Waals surface area contributed by atoms with Crippen molar-refractivity contribution in [2.24, 2.45) is 5.92 Å². The minimum Gasteiger partial charge on any atom is -0.497 e. The van der Waals surface area contributed by atoms with Gasteiger partial charge in [-0.3, -0.25) is 9.59 Å². The van der Waals surface area contributed by atoms with Gasteiger partial charge in [-0.05, 0) is 59.7 Å². The number of aliphatic carboxylic acids is 1. The number of likely N-dealkylation sites (tertiary alicyclic amines) is 1. The van der Waals surface area contributed by atoms with E-state index in [1.165, 1.54) is 12.0 Å². The fraction of sp³-hybridized carbons (Fsp3) is 0.219. The van der Waals surface area contributed by atoms with Crippen molar-refractivity contribution in [3.63, 3.8) is 0 Å². The molecular weight excluding hydrogens is 560 g/mol. The number of carboxylic acid groups (broad SMARTS) is 1. The van der Waals surface area contributed by atoms with Crippen molar-refractivity contribution in [1.82, 2.24) is 4.90 Å². The number of carboxylic acids is 1. The van der Waals surface area contributed by atoms with Gasteiger partial charge in [0.05, 0.1) is 28.3 Å². The van der Waals surface area contributed by atoms with Crippen molar-refractivity contribution in [2.45, 2.75) is 18.0 Å². The molecule has 0 spiro atoms. The second-order valence-electron chi connectivity index (χ2n) is 10.1. The number of nitrogens with zero attached hydrogens (tertiary/aromatic N) is 2. The van der Waals surface area contributed by atoms with Crippen LogP contribution in [0.15, 0.2) is 91.0 Å². The van der Waals surface area contributed by atoms with Crippen molar-refractivity contribution < 1.29 is 24.2 Å². The third kappa shape index (κ3) is 5.45. The predicted molar refractivity (Wildman–Crippen MR) is 160 cm³/mol. The summed E-state index contributed by atoms with van der Waals surface area (Å²) in [6.45, 7) is 0. The Labute approximate surface area is 247 Å². The summed E-state index contributed by atoms with van der Waals surface area (Å²) >= 11 is 7.37. The Balaban J connectivity index is 1.78. The molecule has 3 aromatic carbocycles. The number of methoxy groups -OCH3 is 1. The lowest BCUT2D eigenvalue weighted by molar-refractivity contribution is -0.142. The Morgan fingerprint density at radius 2 is 1.61 bits per heavy atom. The van der Waals surface area contributed by atoms with E-state index in [0.29, 0.717) is 31.7 Å². The van der Waals surface area contributed by atoms with Crippen LogP contribution in [0.3, 0.4) is 0 Å². The average Bonchev–Trinajstić information content (AvgIpc) is 3.59. The number of Topliss-reactive ketones (excluding diaryl/α,β-unsaturated/α-hetero) is 1. The van der Waals surface area contributed by atoms with Gasteiger partial charge in [0.15, 0.2) is 5.78 Å². The van der Waals surface area contributed by atoms with Crippen LogP contribution < -0.4 is 9.64 Å². The highest BCUT2D eigenvalue weighted by molar-refractivity contribution is 7.18. The monoisotopic (exact) mass is 588 g/mol. The molecule has 0 radical (unpaired) electrons. The van der Waals surface area contributed by atoms with Crippen LogP contribution in [0.2, 0.25) is 4.34 Å². The molecule has 1 saturated heterocycles. The van der Waals surface area contributed by atoms with Crippen molar-refractivity contribution in [1.29, 1.82) is 0 Å². The number of amides is 1. The number of ether oxygens (including phenoxy) is 1. The molecule has 2 heterocycles. The van der Waals surface area contributed by atoms with Crippen LogP contribution in [-0.2, 0) is 4.79 Å². The first-order chi connectivity index (χ1) is 19.7. The maximum atomic E-state index is 14.4. The molecule has 1 amide bonds. The third-order valence-corrected chi connectivity index (χ3v) is 8.77. The molecule has 41 heavy (non-hydrogen) atoms. The zero-order chi connectivity index (χ0) is 29.3. The molecule has 5 rings (SSSR count). The summed E-state index contributed by atoms with van der Waals surface area (Å²) in [5.41, 5.74) is 2.53. The van der Waals surface area contributed by atoms with Crippen LogP contribution in [0.4, 0.5) is 5.69 Å². The van der Waals surface area contributed by atoms with Gasteiger partial charge in [0.2, 0.25) is 0 Å². The first kappa shape index (κ1) is 28.4. The molecule has 1 aromatic heterocycles. The Bertz CT molecular complexity index is 1570. The van der Waals surface area contributed by atoms with Gasteiger partial charge in [-0.25, -0.2) is 4.79 Å². The average molecular weight is 589 g/mol. The van der Waals surface area contributed by atoms with Crippen LogP contribution in [-0.4, -0.2) is 54.9 Å². The molecule has 210 valence electrons. The molecule has 1 aliphatic heterocycles. The quantitative estimate of drug-likeness (QED) is 0.239. The number of anilines is 1. The second-order valence-corrected chi connectivity index (χ2v) is 11.8. The zero-order valence-electron chi connectivity index (χ0n) is 22.7. The molecule has 4 atom stereocenters. The maximum absolute atomic E-state index is 14.4. The number of carbonyl (C=O) groups excluding carboxylic acids is 2. The number of halogens is 1. The number of ketones is 1. The number of hydrogen-bond donors (Lipinski definition) is 1. The highest BCUT2D eigenvalue weighted by Crippen LogP contribution is 2.52. The van der Waals surface area contributed by atoms with Crippen molar-refractivity contribution >= 4 is 46.3 Å². The number of carbonyl (C=O) groups is 3. The zero-order valence-corrected chi connectivity index (χ0v) is 24.3. The molecule has 4 aromatic rings. The van der Waals surface area contributed by atoms with E-state index in [1.54, 1.807) is 66.7 Å². The maximum Gasteiger partial charge on any atom is 0.327 e. The van der Waals surface area contributed by atoms with Gasteiger partial charge in [0, 0.05) is 31.3 Å². The molecule has 1 fully saturated rings. The molecule has 0 aliphatic carbocycles. The summed E-state index contributed by atoms with van der Waals surface area (Å²) in [4.78, 5) is 45.5. The largest absolute Gasteiger partial charge is 0.497 e. The van der Waals surface area contributed by atoms with E-state index in [0.717, 1.165) is 17.0 Å². The molecule has 9 heteroatoms. The molecule has 1 N–H and O–H groups in total. The second kappa shape index (κ2) is 11.8. The predicted octanol–water partition coefficient (Wildman–Crippen LogP) is 6.41. The van der Waals surface area contributed by atoms with Crippen LogP contribution in [0, 0.1) is 5.92 Å². The van der Waals surface area contributed by atoms with E-state index in [1.807, 2.05) is 43.3 Å². The lowest BCUT2D eigenvalue weighted by Gasteiger charge is -2.30. The van der Waals surface area contributed by atoms with Gasteiger partial charge in [-0.1, -0.05) is 54.1 Å². The Kier molecular flexibility index (Phi) is 8.15. The number of hydrogen-bond acceptors (Lipinski definition) is 6. The summed E-state index contributed by atoms with van der Waals surface area (Å²) in [6, 6.07) is 24.2. The van der Waals surface area contributed by atoms with Crippen molar-refractivity contribution in [3.05, 3.63) is 117 Å². The third-order valence-electron chi connectivity index (χ3n) is 7.52. The summed E-state index contributed by atoms with van der Waals surface area (Å²) in [7, 11) is 5.36. The molecular formula is C32H29ClN2O5S. The normalized spacial score (nSPS) is 20.0. The fourth-order valence-electron chi connectivity index (χ4n) is 5.66. The van der Waals surface area contributed by atoms with Crippen LogP contribution >= 0.6 is 22.9 Å². The Morgan fingerprint density at radius 3 is 2.20 bits per heavy atom.